The van der Waals surface area contributed by atoms with E-state index in [2.05, 4.69) is 37.3 Å². The zero-order valence-electron chi connectivity index (χ0n) is 10.5. The Morgan fingerprint density at radius 2 is 2.29 bits per heavy atom. The molecule has 1 aliphatic heterocycles. The number of guanidine groups is 1. The summed E-state index contributed by atoms with van der Waals surface area (Å²) in [5.41, 5.74) is 0. The summed E-state index contributed by atoms with van der Waals surface area (Å²) in [4.78, 5) is 4.16. The van der Waals surface area contributed by atoms with E-state index >= 15 is 0 Å². The second-order valence-corrected chi connectivity index (χ2v) is 4.14. The Balaban J connectivity index is 1.88. The van der Waals surface area contributed by atoms with Crippen LogP contribution in [0.3, 0.4) is 0 Å². The van der Waals surface area contributed by atoms with Gasteiger partial charge in [-0.3, -0.25) is 4.99 Å². The molecule has 0 bridgehead atoms. The molecule has 0 fully saturated rings. The van der Waals surface area contributed by atoms with Crippen molar-refractivity contribution < 1.29 is 0 Å². The number of hydrogen-bond acceptors (Lipinski definition) is 3. The highest BCUT2D eigenvalue weighted by molar-refractivity contribution is 5.79. The minimum Gasteiger partial charge on any atom is -0.356 e. The minimum atomic E-state index is 0.677. The SMILES string of the molecule is CCCNC(=NC)NCc1nnc2n1CCC2. The van der Waals surface area contributed by atoms with Crippen molar-refractivity contribution in [1.29, 1.82) is 0 Å². The van der Waals surface area contributed by atoms with E-state index in [0.29, 0.717) is 6.54 Å². The van der Waals surface area contributed by atoms with Crippen molar-refractivity contribution in [3.8, 4) is 0 Å². The molecule has 2 heterocycles. The molecule has 0 aliphatic carbocycles. The van der Waals surface area contributed by atoms with Gasteiger partial charge in [-0.15, -0.1) is 10.2 Å². The van der Waals surface area contributed by atoms with E-state index in [4.69, 9.17) is 0 Å². The first-order valence-electron chi connectivity index (χ1n) is 6.20. The zero-order valence-corrected chi connectivity index (χ0v) is 10.5. The first-order valence-corrected chi connectivity index (χ1v) is 6.20. The predicted octanol–water partition coefficient (Wildman–Crippen LogP) is 0.299. The van der Waals surface area contributed by atoms with E-state index < -0.39 is 0 Å². The topological polar surface area (TPSA) is 67.1 Å². The predicted molar refractivity (Wildman–Crippen MR) is 66.8 cm³/mol. The number of nitrogens with zero attached hydrogens (tertiary/aromatic N) is 4. The molecule has 0 atom stereocenters. The molecule has 0 radical (unpaired) electrons. The molecule has 1 aliphatic rings. The Bertz CT molecular complexity index is 395. The van der Waals surface area contributed by atoms with Gasteiger partial charge in [0.15, 0.2) is 11.8 Å². The van der Waals surface area contributed by atoms with Gasteiger partial charge in [-0.1, -0.05) is 6.92 Å². The van der Waals surface area contributed by atoms with E-state index in [-0.39, 0.29) is 0 Å². The van der Waals surface area contributed by atoms with Crippen LogP contribution in [0.15, 0.2) is 4.99 Å². The van der Waals surface area contributed by atoms with Crippen LogP contribution < -0.4 is 10.6 Å². The van der Waals surface area contributed by atoms with Crippen molar-refractivity contribution in [2.75, 3.05) is 13.6 Å². The minimum absolute atomic E-state index is 0.677. The summed E-state index contributed by atoms with van der Waals surface area (Å²) in [6, 6.07) is 0. The first-order chi connectivity index (χ1) is 8.35. The molecule has 6 nitrogen and oxygen atoms in total. The number of rotatable bonds is 4. The summed E-state index contributed by atoms with van der Waals surface area (Å²) in [5, 5.41) is 14.8. The van der Waals surface area contributed by atoms with Gasteiger partial charge in [0.25, 0.3) is 0 Å². The molecule has 0 saturated heterocycles. The van der Waals surface area contributed by atoms with Gasteiger partial charge in [-0.25, -0.2) is 0 Å². The molecule has 2 N–H and O–H groups in total. The van der Waals surface area contributed by atoms with Crippen molar-refractivity contribution in [1.82, 2.24) is 25.4 Å². The molecule has 6 heteroatoms. The summed E-state index contributed by atoms with van der Waals surface area (Å²) < 4.78 is 2.19. The maximum Gasteiger partial charge on any atom is 0.191 e. The smallest absolute Gasteiger partial charge is 0.191 e. The fraction of sp³-hybridized carbons (Fsp3) is 0.727. The monoisotopic (exact) mass is 236 g/mol. The van der Waals surface area contributed by atoms with Crippen molar-refractivity contribution in [3.63, 3.8) is 0 Å². The lowest BCUT2D eigenvalue weighted by Crippen LogP contribution is -2.37. The first kappa shape index (κ1) is 11.9. The van der Waals surface area contributed by atoms with Crippen LogP contribution in [-0.4, -0.2) is 34.3 Å². The average molecular weight is 236 g/mol. The third kappa shape index (κ3) is 2.75. The number of nitrogens with one attached hydrogen (secondary N) is 2. The largest absolute Gasteiger partial charge is 0.356 e. The van der Waals surface area contributed by atoms with E-state index in [1.165, 1.54) is 6.42 Å². The molecule has 0 amide bonds. The Morgan fingerprint density at radius 1 is 1.41 bits per heavy atom. The number of aryl methyl sites for hydroxylation is 1. The van der Waals surface area contributed by atoms with Crippen LogP contribution in [0.25, 0.3) is 0 Å². The second kappa shape index (κ2) is 5.65. The third-order valence-electron chi connectivity index (χ3n) is 2.87. The van der Waals surface area contributed by atoms with Crippen LogP contribution in [0.1, 0.15) is 31.4 Å². The lowest BCUT2D eigenvalue weighted by Gasteiger charge is -2.10. The van der Waals surface area contributed by atoms with Crippen molar-refractivity contribution in [3.05, 3.63) is 11.6 Å². The zero-order chi connectivity index (χ0) is 12.1. The molecule has 94 valence electrons. The summed E-state index contributed by atoms with van der Waals surface area (Å²) in [7, 11) is 1.78. The van der Waals surface area contributed by atoms with Gasteiger partial charge in [0, 0.05) is 26.6 Å². The van der Waals surface area contributed by atoms with Crippen LogP contribution in [0, 0.1) is 0 Å². The van der Waals surface area contributed by atoms with Crippen LogP contribution in [0.2, 0.25) is 0 Å². The van der Waals surface area contributed by atoms with E-state index in [0.717, 1.165) is 43.5 Å². The number of aliphatic imine (C=N–C) groups is 1. The molecule has 1 aromatic heterocycles. The van der Waals surface area contributed by atoms with Crippen molar-refractivity contribution >= 4 is 5.96 Å². The molecule has 0 unspecified atom stereocenters. The average Bonchev–Trinajstić information content (AvgIpc) is 2.93. The summed E-state index contributed by atoms with van der Waals surface area (Å²) in [6.45, 7) is 4.78. The highest BCUT2D eigenvalue weighted by Crippen LogP contribution is 2.13. The highest BCUT2D eigenvalue weighted by Gasteiger charge is 2.16. The molecule has 0 spiro atoms. The van der Waals surface area contributed by atoms with E-state index in [9.17, 15) is 0 Å². The Labute approximate surface area is 102 Å². The summed E-state index contributed by atoms with van der Waals surface area (Å²) >= 11 is 0. The van der Waals surface area contributed by atoms with E-state index in [1.54, 1.807) is 7.05 Å². The van der Waals surface area contributed by atoms with Crippen molar-refractivity contribution in [2.24, 2.45) is 4.99 Å². The van der Waals surface area contributed by atoms with Gasteiger partial charge in [0.05, 0.1) is 6.54 Å². The molecule has 0 aromatic carbocycles. The van der Waals surface area contributed by atoms with Crippen LogP contribution in [0.4, 0.5) is 0 Å². The Kier molecular flexibility index (Phi) is 3.95. The highest BCUT2D eigenvalue weighted by atomic mass is 15.3. The third-order valence-corrected chi connectivity index (χ3v) is 2.87. The van der Waals surface area contributed by atoms with Gasteiger partial charge < -0.3 is 15.2 Å². The molecular weight excluding hydrogens is 216 g/mol. The number of aromatic nitrogens is 3. The normalized spacial score (nSPS) is 14.8. The summed E-state index contributed by atoms with van der Waals surface area (Å²) in [6.07, 6.45) is 3.32. The van der Waals surface area contributed by atoms with Gasteiger partial charge >= 0.3 is 0 Å². The Hall–Kier alpha value is -1.59. The maximum absolute atomic E-state index is 4.19. The lowest BCUT2D eigenvalue weighted by atomic mass is 10.4. The molecule has 1 aromatic rings. The number of hydrogen-bond donors (Lipinski definition) is 2. The quantitative estimate of drug-likeness (QED) is 0.583. The van der Waals surface area contributed by atoms with Gasteiger partial charge in [-0.2, -0.15) is 0 Å². The van der Waals surface area contributed by atoms with Crippen LogP contribution >= 0.6 is 0 Å². The van der Waals surface area contributed by atoms with E-state index in [1.807, 2.05) is 0 Å². The molecule has 0 saturated carbocycles. The molecule has 17 heavy (non-hydrogen) atoms. The van der Waals surface area contributed by atoms with Crippen LogP contribution in [0.5, 0.6) is 0 Å². The molecular formula is C11H20N6. The number of fused-ring (bicyclic) bond motifs is 1. The standard InChI is InChI=1S/C11H20N6/c1-3-6-13-11(12-2)14-8-10-16-15-9-5-4-7-17(9)10/h3-8H2,1-2H3,(H2,12,13,14). The van der Waals surface area contributed by atoms with Gasteiger partial charge in [-0.05, 0) is 12.8 Å². The second-order valence-electron chi connectivity index (χ2n) is 4.14. The van der Waals surface area contributed by atoms with Crippen molar-refractivity contribution in [2.45, 2.75) is 39.3 Å². The lowest BCUT2D eigenvalue weighted by molar-refractivity contribution is 0.662. The fourth-order valence-corrected chi connectivity index (χ4v) is 1.97. The fourth-order valence-electron chi connectivity index (χ4n) is 1.97. The Morgan fingerprint density at radius 3 is 3.06 bits per heavy atom. The summed E-state index contributed by atoms with van der Waals surface area (Å²) in [5.74, 6) is 2.93. The molecule has 2 rings (SSSR count). The van der Waals surface area contributed by atoms with Crippen LogP contribution in [-0.2, 0) is 19.5 Å². The van der Waals surface area contributed by atoms with Gasteiger partial charge in [0.1, 0.15) is 5.82 Å². The maximum atomic E-state index is 4.19. The van der Waals surface area contributed by atoms with Gasteiger partial charge in [0.2, 0.25) is 0 Å².